The van der Waals surface area contributed by atoms with Crippen molar-refractivity contribution in [2.24, 2.45) is 11.8 Å². The average Bonchev–Trinajstić information content (AvgIpc) is 2.08. The molecule has 2 heteroatoms. The molecule has 0 aromatic heterocycles. The minimum atomic E-state index is 0.653. The van der Waals surface area contributed by atoms with Gasteiger partial charge in [0.2, 0.25) is 0 Å². The topological polar surface area (TPSA) is 21.3 Å². The monoisotopic (exact) mass is 139 g/mol. The molecule has 0 amide bonds. The molecule has 56 valence electrons. The molecular formula is C8H13NO. The first-order chi connectivity index (χ1) is 4.97. The normalized spacial score (nSPS) is 57.6. The highest BCUT2D eigenvalue weighted by Gasteiger charge is 2.55. The van der Waals surface area contributed by atoms with E-state index in [4.69, 9.17) is 4.74 Å². The van der Waals surface area contributed by atoms with Crippen LogP contribution in [0, 0.1) is 11.8 Å². The summed E-state index contributed by atoms with van der Waals surface area (Å²) >= 11 is 0. The van der Waals surface area contributed by atoms with Crippen LogP contribution in [0.25, 0.3) is 0 Å². The molecule has 4 fully saturated rings. The average molecular weight is 139 g/mol. The lowest BCUT2D eigenvalue weighted by atomic mass is 9.58. The van der Waals surface area contributed by atoms with E-state index in [1.807, 2.05) is 0 Å². The molecule has 1 heterocycles. The number of nitrogens with one attached hydrogen (secondary N) is 1. The van der Waals surface area contributed by atoms with Crippen molar-refractivity contribution in [3.05, 3.63) is 0 Å². The van der Waals surface area contributed by atoms with Crippen molar-refractivity contribution in [1.29, 1.82) is 0 Å². The van der Waals surface area contributed by atoms with E-state index in [1.165, 1.54) is 19.3 Å². The van der Waals surface area contributed by atoms with Crippen molar-refractivity contribution < 1.29 is 4.74 Å². The van der Waals surface area contributed by atoms with Crippen LogP contribution in [0.5, 0.6) is 0 Å². The fourth-order valence-corrected chi connectivity index (χ4v) is 2.97. The maximum atomic E-state index is 5.60. The first-order valence-electron chi connectivity index (χ1n) is 4.32. The lowest BCUT2D eigenvalue weighted by Gasteiger charge is -2.59. The molecule has 1 saturated heterocycles. The van der Waals surface area contributed by atoms with E-state index in [-0.39, 0.29) is 0 Å². The van der Waals surface area contributed by atoms with E-state index < -0.39 is 0 Å². The zero-order valence-corrected chi connectivity index (χ0v) is 6.05. The SMILES string of the molecule is C1CC2C3NCOC2C3C1. The van der Waals surface area contributed by atoms with Gasteiger partial charge in [-0.3, -0.25) is 5.32 Å². The summed E-state index contributed by atoms with van der Waals surface area (Å²) in [6, 6.07) is 0.840. The largest absolute Gasteiger partial charge is 0.362 e. The first kappa shape index (κ1) is 5.56. The highest BCUT2D eigenvalue weighted by atomic mass is 16.5. The van der Waals surface area contributed by atoms with Gasteiger partial charge in [-0.1, -0.05) is 6.42 Å². The molecule has 1 aliphatic heterocycles. The summed E-state index contributed by atoms with van der Waals surface area (Å²) in [7, 11) is 0. The van der Waals surface area contributed by atoms with Gasteiger partial charge in [0.05, 0.1) is 12.8 Å². The highest BCUT2D eigenvalue weighted by molar-refractivity contribution is 5.07. The third-order valence-corrected chi connectivity index (χ3v) is 3.44. The Morgan fingerprint density at radius 2 is 2.00 bits per heavy atom. The Labute approximate surface area is 60.9 Å². The summed E-state index contributed by atoms with van der Waals surface area (Å²) in [5, 5.41) is 3.43. The fourth-order valence-electron chi connectivity index (χ4n) is 2.97. The third-order valence-electron chi connectivity index (χ3n) is 3.44. The molecule has 2 unspecified atom stereocenters. The molecule has 4 rings (SSSR count). The summed E-state index contributed by atoms with van der Waals surface area (Å²) in [4.78, 5) is 0. The van der Waals surface area contributed by atoms with Crippen LogP contribution in [0.4, 0.5) is 0 Å². The Morgan fingerprint density at radius 1 is 1.20 bits per heavy atom. The van der Waals surface area contributed by atoms with Gasteiger partial charge in [0.25, 0.3) is 0 Å². The Bertz CT molecular complexity index is 117. The Hall–Kier alpha value is -0.0800. The smallest absolute Gasteiger partial charge is 0.0971 e. The predicted molar refractivity (Wildman–Crippen MR) is 37.5 cm³/mol. The van der Waals surface area contributed by atoms with Crippen LogP contribution in [-0.2, 0) is 4.74 Å². The second-order valence-corrected chi connectivity index (χ2v) is 3.76. The standard InChI is InChI=1S/C8H13NO/c1-2-5-7-6(3-1)8(5)10-4-9-7/h5-9H,1-4H2. The molecule has 4 bridgehead atoms. The second kappa shape index (κ2) is 1.74. The van der Waals surface area contributed by atoms with Gasteiger partial charge >= 0.3 is 0 Å². The minimum Gasteiger partial charge on any atom is -0.362 e. The number of rotatable bonds is 0. The second-order valence-electron chi connectivity index (χ2n) is 3.76. The van der Waals surface area contributed by atoms with Crippen molar-refractivity contribution in [3.8, 4) is 0 Å². The molecule has 0 aromatic carbocycles. The van der Waals surface area contributed by atoms with Crippen molar-refractivity contribution in [3.63, 3.8) is 0 Å². The van der Waals surface area contributed by atoms with E-state index in [1.54, 1.807) is 0 Å². The molecule has 3 saturated carbocycles. The summed E-state index contributed by atoms with van der Waals surface area (Å²) in [5.41, 5.74) is 0. The van der Waals surface area contributed by atoms with Crippen molar-refractivity contribution in [1.82, 2.24) is 5.32 Å². The van der Waals surface area contributed by atoms with Crippen LogP contribution in [0.1, 0.15) is 19.3 Å². The summed E-state index contributed by atoms with van der Waals surface area (Å²) in [6.07, 6.45) is 4.89. The van der Waals surface area contributed by atoms with E-state index in [0.29, 0.717) is 6.10 Å². The molecule has 0 spiro atoms. The van der Waals surface area contributed by atoms with E-state index >= 15 is 0 Å². The van der Waals surface area contributed by atoms with Crippen molar-refractivity contribution in [2.45, 2.75) is 31.4 Å². The van der Waals surface area contributed by atoms with Gasteiger partial charge in [-0.25, -0.2) is 0 Å². The van der Waals surface area contributed by atoms with Gasteiger partial charge in [0.1, 0.15) is 0 Å². The highest BCUT2D eigenvalue weighted by Crippen LogP contribution is 2.49. The Balaban J connectivity index is 1.86. The van der Waals surface area contributed by atoms with Crippen LogP contribution < -0.4 is 5.32 Å². The van der Waals surface area contributed by atoms with Gasteiger partial charge in [0, 0.05) is 17.9 Å². The van der Waals surface area contributed by atoms with E-state index in [9.17, 15) is 0 Å². The van der Waals surface area contributed by atoms with E-state index in [0.717, 1.165) is 24.6 Å². The third kappa shape index (κ3) is 0.487. The van der Waals surface area contributed by atoms with Gasteiger partial charge in [-0.05, 0) is 12.8 Å². The Kier molecular flexibility index (Phi) is 0.968. The fraction of sp³-hybridized carbons (Fsp3) is 1.00. The minimum absolute atomic E-state index is 0.653. The van der Waals surface area contributed by atoms with Crippen LogP contribution in [0.15, 0.2) is 0 Å². The molecule has 1 N–H and O–H groups in total. The van der Waals surface area contributed by atoms with Crippen molar-refractivity contribution in [2.75, 3.05) is 6.73 Å². The molecule has 4 aliphatic rings. The summed E-state index contributed by atoms with van der Waals surface area (Å²) in [5.74, 6) is 1.76. The Morgan fingerprint density at radius 3 is 2.50 bits per heavy atom. The maximum Gasteiger partial charge on any atom is 0.0971 e. The van der Waals surface area contributed by atoms with Crippen molar-refractivity contribution >= 4 is 0 Å². The molecule has 3 aliphatic carbocycles. The van der Waals surface area contributed by atoms with E-state index in [2.05, 4.69) is 5.32 Å². The number of ether oxygens (including phenoxy) is 1. The number of fused-ring (bicyclic) bond motifs is 2. The summed E-state index contributed by atoms with van der Waals surface area (Å²) in [6.45, 7) is 0.808. The van der Waals surface area contributed by atoms with Gasteiger partial charge in [-0.15, -0.1) is 0 Å². The van der Waals surface area contributed by atoms with Crippen LogP contribution in [0.3, 0.4) is 0 Å². The summed E-state index contributed by atoms with van der Waals surface area (Å²) < 4.78 is 5.60. The quantitative estimate of drug-likeness (QED) is 0.534. The first-order valence-corrected chi connectivity index (χ1v) is 4.32. The zero-order chi connectivity index (χ0) is 6.55. The van der Waals surface area contributed by atoms with Gasteiger partial charge in [-0.2, -0.15) is 0 Å². The predicted octanol–water partition coefficient (Wildman–Crippen LogP) is 0.731. The molecular weight excluding hydrogens is 126 g/mol. The van der Waals surface area contributed by atoms with Crippen LogP contribution >= 0.6 is 0 Å². The maximum absolute atomic E-state index is 5.60. The zero-order valence-electron chi connectivity index (χ0n) is 6.05. The van der Waals surface area contributed by atoms with Crippen LogP contribution in [-0.4, -0.2) is 18.9 Å². The van der Waals surface area contributed by atoms with Gasteiger partial charge < -0.3 is 4.74 Å². The van der Waals surface area contributed by atoms with Gasteiger partial charge in [0.15, 0.2) is 0 Å². The lowest BCUT2D eigenvalue weighted by Crippen LogP contribution is -2.69. The van der Waals surface area contributed by atoms with Crippen LogP contribution in [0.2, 0.25) is 0 Å². The molecule has 2 atom stereocenters. The molecule has 0 aromatic rings. The number of hydrogen-bond acceptors (Lipinski definition) is 2. The molecule has 0 radical (unpaired) electrons. The molecule has 10 heavy (non-hydrogen) atoms. The lowest BCUT2D eigenvalue weighted by molar-refractivity contribution is -0.199. The number of hydrogen-bond donors (Lipinski definition) is 1. The molecule has 2 nitrogen and oxygen atoms in total.